The molecule has 0 aromatic carbocycles. The zero-order valence-electron chi connectivity index (χ0n) is 12.4. The molecule has 0 spiro atoms. The van der Waals surface area contributed by atoms with Crippen molar-refractivity contribution in [2.24, 2.45) is 23.7 Å². The first-order valence-electron chi connectivity index (χ1n) is 7.86. The second kappa shape index (κ2) is 5.20. The number of aryl methyl sites for hydroxylation is 1. The van der Waals surface area contributed by atoms with Crippen molar-refractivity contribution >= 4 is 28.2 Å². The molecule has 1 heterocycles. The number of carbonyl (C=O) groups is 2. The smallest absolute Gasteiger partial charge is 0.307 e. The van der Waals surface area contributed by atoms with Crippen LogP contribution in [0, 0.1) is 35.0 Å². The average Bonchev–Trinajstić information content (AvgIpc) is 3.25. The van der Waals surface area contributed by atoms with Crippen LogP contribution in [0.3, 0.4) is 0 Å². The van der Waals surface area contributed by atoms with E-state index < -0.39 is 17.8 Å². The zero-order chi connectivity index (χ0) is 16.1. The number of carbonyl (C=O) groups excluding carboxylic acids is 1. The number of nitrogens with one attached hydrogen (secondary N) is 1. The molecule has 3 aliphatic carbocycles. The molecule has 5 nitrogen and oxygen atoms in total. The first-order chi connectivity index (χ1) is 11.1. The summed E-state index contributed by atoms with van der Waals surface area (Å²) in [6.45, 7) is 0. The summed E-state index contributed by atoms with van der Waals surface area (Å²) in [4.78, 5) is 25.4. The highest BCUT2D eigenvalue weighted by atomic mass is 32.1. The third-order valence-corrected chi connectivity index (χ3v) is 6.52. The lowest BCUT2D eigenvalue weighted by Crippen LogP contribution is -2.36. The SMILES string of the molecule is N#Cc1c(NC(=O)[C@H]2[C@@H](C(=O)O)[C@H]3C=C[C@H]2C3)sc2c1CCC2. The molecule has 0 unspecified atom stereocenters. The second-order valence-corrected chi connectivity index (χ2v) is 7.61. The average molecular weight is 328 g/mol. The van der Waals surface area contributed by atoms with E-state index in [9.17, 15) is 20.0 Å². The standard InChI is InChI=1S/C17H16N2O3S/c18-7-11-10-2-1-3-12(10)23-16(11)19-15(20)13-8-4-5-9(6-8)14(13)17(21)22/h4-5,8-9,13-14H,1-3,6H2,(H,19,20)(H,21,22)/t8-,9-,13+,14-/m0/s1. The molecule has 1 aromatic rings. The third-order valence-electron chi connectivity index (χ3n) is 5.32. The topological polar surface area (TPSA) is 90.2 Å². The quantitative estimate of drug-likeness (QED) is 0.834. The van der Waals surface area contributed by atoms with Crippen LogP contribution in [0.1, 0.15) is 28.8 Å². The van der Waals surface area contributed by atoms with Gasteiger partial charge in [-0.3, -0.25) is 9.59 Å². The van der Waals surface area contributed by atoms with Gasteiger partial charge < -0.3 is 10.4 Å². The lowest BCUT2D eigenvalue weighted by Gasteiger charge is -2.23. The molecule has 4 atom stereocenters. The zero-order valence-corrected chi connectivity index (χ0v) is 13.2. The first-order valence-corrected chi connectivity index (χ1v) is 8.68. The Morgan fingerprint density at radius 2 is 2.00 bits per heavy atom. The van der Waals surface area contributed by atoms with E-state index in [1.54, 1.807) is 0 Å². The molecule has 3 aliphatic rings. The Hall–Kier alpha value is -2.13. The number of hydrogen-bond donors (Lipinski definition) is 2. The summed E-state index contributed by atoms with van der Waals surface area (Å²) in [6.07, 6.45) is 7.53. The maximum absolute atomic E-state index is 12.7. The van der Waals surface area contributed by atoms with Gasteiger partial charge in [0.2, 0.25) is 5.91 Å². The molecular formula is C17H16N2O3S. The number of fused-ring (bicyclic) bond motifs is 3. The van der Waals surface area contributed by atoms with Gasteiger partial charge in [-0.1, -0.05) is 12.2 Å². The molecule has 118 valence electrons. The number of carboxylic acids is 1. The summed E-state index contributed by atoms with van der Waals surface area (Å²) >= 11 is 1.47. The number of anilines is 1. The van der Waals surface area contributed by atoms with Crippen molar-refractivity contribution in [2.45, 2.75) is 25.7 Å². The summed E-state index contributed by atoms with van der Waals surface area (Å²) in [5.74, 6) is -2.40. The fraction of sp³-hybridized carbons (Fsp3) is 0.471. The molecule has 2 N–H and O–H groups in total. The van der Waals surface area contributed by atoms with Gasteiger partial charge in [0.25, 0.3) is 0 Å². The minimum absolute atomic E-state index is 0.00144. The number of allylic oxidation sites excluding steroid dienone is 2. The molecule has 23 heavy (non-hydrogen) atoms. The minimum Gasteiger partial charge on any atom is -0.481 e. The van der Waals surface area contributed by atoms with Gasteiger partial charge in [0.05, 0.1) is 17.4 Å². The Bertz CT molecular complexity index is 774. The van der Waals surface area contributed by atoms with E-state index in [4.69, 9.17) is 0 Å². The Labute approximate surface area is 137 Å². The number of nitriles is 1. The van der Waals surface area contributed by atoms with Gasteiger partial charge in [-0.05, 0) is 43.1 Å². The summed E-state index contributed by atoms with van der Waals surface area (Å²) in [5, 5.41) is 22.3. The maximum Gasteiger partial charge on any atom is 0.307 e. The van der Waals surface area contributed by atoms with E-state index in [1.165, 1.54) is 16.2 Å². The normalized spacial score (nSPS) is 30.2. The van der Waals surface area contributed by atoms with Crippen LogP contribution in [0.2, 0.25) is 0 Å². The molecule has 1 fully saturated rings. The fourth-order valence-corrected chi connectivity index (χ4v) is 5.56. The predicted octanol–water partition coefficient (Wildman–Crippen LogP) is 2.57. The van der Waals surface area contributed by atoms with E-state index in [0.29, 0.717) is 10.6 Å². The van der Waals surface area contributed by atoms with Gasteiger partial charge >= 0.3 is 5.97 Å². The van der Waals surface area contributed by atoms with Crippen LogP contribution < -0.4 is 5.32 Å². The van der Waals surface area contributed by atoms with E-state index >= 15 is 0 Å². The number of hydrogen-bond acceptors (Lipinski definition) is 4. The van der Waals surface area contributed by atoms with Crippen molar-refractivity contribution in [3.05, 3.63) is 28.2 Å². The molecule has 1 amide bonds. The number of nitrogens with zero attached hydrogens (tertiary/aromatic N) is 1. The highest BCUT2D eigenvalue weighted by Crippen LogP contribution is 2.49. The predicted molar refractivity (Wildman–Crippen MR) is 85.0 cm³/mol. The Balaban J connectivity index is 1.61. The fourth-order valence-electron chi connectivity index (χ4n) is 4.32. The van der Waals surface area contributed by atoms with E-state index in [0.717, 1.165) is 31.2 Å². The van der Waals surface area contributed by atoms with E-state index in [1.807, 2.05) is 12.2 Å². The Morgan fingerprint density at radius 1 is 1.26 bits per heavy atom. The van der Waals surface area contributed by atoms with Crippen LogP contribution in [-0.2, 0) is 22.4 Å². The van der Waals surface area contributed by atoms with Crippen LogP contribution in [-0.4, -0.2) is 17.0 Å². The molecule has 4 rings (SSSR count). The summed E-state index contributed by atoms with van der Waals surface area (Å²) in [7, 11) is 0. The van der Waals surface area contributed by atoms with Crippen molar-refractivity contribution < 1.29 is 14.7 Å². The largest absolute Gasteiger partial charge is 0.481 e. The van der Waals surface area contributed by atoms with E-state index in [2.05, 4.69) is 11.4 Å². The first kappa shape index (κ1) is 14.5. The Kier molecular flexibility index (Phi) is 3.27. The minimum atomic E-state index is -0.906. The lowest BCUT2D eigenvalue weighted by molar-refractivity contribution is -0.146. The molecule has 1 saturated carbocycles. The van der Waals surface area contributed by atoms with Crippen molar-refractivity contribution in [3.63, 3.8) is 0 Å². The summed E-state index contributed by atoms with van der Waals surface area (Å²) in [5.41, 5.74) is 1.64. The van der Waals surface area contributed by atoms with Crippen LogP contribution >= 0.6 is 11.3 Å². The highest BCUT2D eigenvalue weighted by Gasteiger charge is 2.51. The summed E-state index contributed by atoms with van der Waals surface area (Å²) in [6, 6.07) is 2.21. The van der Waals surface area contributed by atoms with Gasteiger partial charge in [-0.2, -0.15) is 5.26 Å². The van der Waals surface area contributed by atoms with Gasteiger partial charge in [-0.15, -0.1) is 11.3 Å². The van der Waals surface area contributed by atoms with Gasteiger partial charge in [-0.25, -0.2) is 0 Å². The molecule has 2 bridgehead atoms. The highest BCUT2D eigenvalue weighted by molar-refractivity contribution is 7.16. The van der Waals surface area contributed by atoms with Crippen LogP contribution in [0.5, 0.6) is 0 Å². The van der Waals surface area contributed by atoms with Gasteiger partial charge in [0.15, 0.2) is 0 Å². The van der Waals surface area contributed by atoms with Crippen molar-refractivity contribution in [1.29, 1.82) is 5.26 Å². The monoisotopic (exact) mass is 328 g/mol. The number of amides is 1. The number of aliphatic carboxylic acids is 1. The number of rotatable bonds is 3. The van der Waals surface area contributed by atoms with Crippen LogP contribution in [0.25, 0.3) is 0 Å². The molecule has 1 aromatic heterocycles. The van der Waals surface area contributed by atoms with Crippen molar-refractivity contribution in [2.75, 3.05) is 5.32 Å². The van der Waals surface area contributed by atoms with Crippen LogP contribution in [0.4, 0.5) is 5.00 Å². The van der Waals surface area contributed by atoms with Crippen molar-refractivity contribution in [1.82, 2.24) is 0 Å². The molecule has 6 heteroatoms. The number of thiophene rings is 1. The molecule has 0 aliphatic heterocycles. The molecular weight excluding hydrogens is 312 g/mol. The number of carboxylic acid groups (broad SMARTS) is 1. The van der Waals surface area contributed by atoms with Crippen LogP contribution in [0.15, 0.2) is 12.2 Å². The van der Waals surface area contributed by atoms with Gasteiger partial charge in [0.1, 0.15) is 11.1 Å². The second-order valence-electron chi connectivity index (χ2n) is 6.50. The van der Waals surface area contributed by atoms with Gasteiger partial charge in [0, 0.05) is 4.88 Å². The third kappa shape index (κ3) is 2.11. The maximum atomic E-state index is 12.7. The molecule has 0 radical (unpaired) electrons. The van der Waals surface area contributed by atoms with Crippen molar-refractivity contribution in [3.8, 4) is 6.07 Å². The lowest BCUT2D eigenvalue weighted by atomic mass is 9.82. The van der Waals surface area contributed by atoms with E-state index in [-0.39, 0.29) is 17.7 Å². The molecule has 0 saturated heterocycles. The Morgan fingerprint density at radius 3 is 2.70 bits per heavy atom. The summed E-state index contributed by atoms with van der Waals surface area (Å²) < 4.78 is 0.